The average Bonchev–Trinajstić information content (AvgIpc) is 3.38. The third kappa shape index (κ3) is 3.84. The van der Waals surface area contributed by atoms with Crippen molar-refractivity contribution in [1.82, 2.24) is 34.4 Å². The predicted octanol–water partition coefficient (Wildman–Crippen LogP) is 3.11. The van der Waals surface area contributed by atoms with Gasteiger partial charge in [-0.1, -0.05) is 12.1 Å². The van der Waals surface area contributed by atoms with E-state index in [4.69, 9.17) is 10.1 Å². The molecule has 0 aliphatic carbocycles. The SMILES string of the molecule is C=CCn1c(=O)c2cnc(Nc3ccc4c(c3)CCNC4)nc2n1-c1ccn(C(C)(C)C)n1. The van der Waals surface area contributed by atoms with Crippen LogP contribution in [0.5, 0.6) is 0 Å². The molecule has 170 valence electrons. The smallest absolute Gasteiger partial charge is 0.278 e. The lowest BCUT2D eigenvalue weighted by atomic mass is 10.0. The molecule has 0 saturated heterocycles. The fourth-order valence-corrected chi connectivity index (χ4v) is 4.09. The number of fused-ring (bicyclic) bond motifs is 2. The van der Waals surface area contributed by atoms with E-state index < -0.39 is 0 Å². The van der Waals surface area contributed by atoms with E-state index in [0.29, 0.717) is 29.3 Å². The van der Waals surface area contributed by atoms with Gasteiger partial charge in [-0.25, -0.2) is 14.3 Å². The van der Waals surface area contributed by atoms with Crippen molar-refractivity contribution < 1.29 is 0 Å². The molecule has 0 saturated carbocycles. The summed E-state index contributed by atoms with van der Waals surface area (Å²) in [6, 6.07) is 8.18. The number of allylic oxidation sites excluding steroid dienone is 1. The first-order valence-corrected chi connectivity index (χ1v) is 11.1. The number of rotatable bonds is 5. The molecule has 0 fully saturated rings. The predicted molar refractivity (Wildman–Crippen MR) is 129 cm³/mol. The van der Waals surface area contributed by atoms with Crippen molar-refractivity contribution in [3.63, 3.8) is 0 Å². The van der Waals surface area contributed by atoms with Crippen LogP contribution >= 0.6 is 0 Å². The van der Waals surface area contributed by atoms with E-state index >= 15 is 0 Å². The van der Waals surface area contributed by atoms with Gasteiger partial charge in [0.1, 0.15) is 5.39 Å². The number of hydrogen-bond donors (Lipinski definition) is 2. The lowest BCUT2D eigenvalue weighted by Gasteiger charge is -2.19. The second-order valence-corrected chi connectivity index (χ2v) is 9.24. The molecule has 4 heterocycles. The van der Waals surface area contributed by atoms with E-state index in [-0.39, 0.29) is 11.1 Å². The second kappa shape index (κ2) is 8.00. The van der Waals surface area contributed by atoms with Gasteiger partial charge in [0.15, 0.2) is 11.5 Å². The van der Waals surface area contributed by atoms with Crippen molar-refractivity contribution in [3.8, 4) is 5.82 Å². The summed E-state index contributed by atoms with van der Waals surface area (Å²) < 4.78 is 5.20. The molecule has 3 aromatic heterocycles. The van der Waals surface area contributed by atoms with E-state index in [1.165, 1.54) is 11.1 Å². The highest BCUT2D eigenvalue weighted by Gasteiger charge is 2.21. The second-order valence-electron chi connectivity index (χ2n) is 9.24. The molecule has 1 aliphatic heterocycles. The summed E-state index contributed by atoms with van der Waals surface area (Å²) >= 11 is 0. The summed E-state index contributed by atoms with van der Waals surface area (Å²) in [5.74, 6) is 1.04. The van der Waals surface area contributed by atoms with Crippen LogP contribution in [0.25, 0.3) is 16.9 Å². The molecule has 9 heteroatoms. The van der Waals surface area contributed by atoms with Crippen molar-refractivity contribution in [1.29, 1.82) is 0 Å². The van der Waals surface area contributed by atoms with Gasteiger partial charge in [0.2, 0.25) is 5.95 Å². The molecule has 0 radical (unpaired) electrons. The summed E-state index contributed by atoms with van der Waals surface area (Å²) in [6.07, 6.45) is 6.16. The number of nitrogens with zero attached hydrogens (tertiary/aromatic N) is 6. The van der Waals surface area contributed by atoms with Crippen LogP contribution in [0.1, 0.15) is 31.9 Å². The molecule has 5 rings (SSSR count). The molecular formula is C24H28N8O. The highest BCUT2D eigenvalue weighted by Crippen LogP contribution is 2.23. The Balaban J connectivity index is 1.59. The molecular weight excluding hydrogens is 416 g/mol. The van der Waals surface area contributed by atoms with E-state index in [1.54, 1.807) is 21.6 Å². The molecule has 0 unspecified atom stereocenters. The fourth-order valence-electron chi connectivity index (χ4n) is 4.09. The van der Waals surface area contributed by atoms with Crippen LogP contribution in [0, 0.1) is 0 Å². The number of benzene rings is 1. The van der Waals surface area contributed by atoms with Gasteiger partial charge in [0.25, 0.3) is 5.56 Å². The number of anilines is 2. The van der Waals surface area contributed by atoms with Crippen LogP contribution in [0.3, 0.4) is 0 Å². The van der Waals surface area contributed by atoms with Crippen LogP contribution in [-0.4, -0.2) is 35.7 Å². The Labute approximate surface area is 191 Å². The molecule has 2 N–H and O–H groups in total. The average molecular weight is 445 g/mol. The van der Waals surface area contributed by atoms with Crippen LogP contribution in [0.15, 0.2) is 54.1 Å². The zero-order valence-electron chi connectivity index (χ0n) is 19.2. The van der Waals surface area contributed by atoms with Gasteiger partial charge in [0, 0.05) is 30.7 Å². The van der Waals surface area contributed by atoms with Gasteiger partial charge in [-0.2, -0.15) is 10.1 Å². The molecule has 0 bridgehead atoms. The highest BCUT2D eigenvalue weighted by molar-refractivity contribution is 5.77. The van der Waals surface area contributed by atoms with Gasteiger partial charge in [0.05, 0.1) is 12.1 Å². The molecule has 0 spiro atoms. The molecule has 0 amide bonds. The van der Waals surface area contributed by atoms with Crippen molar-refractivity contribution in [2.75, 3.05) is 11.9 Å². The number of hydrogen-bond acceptors (Lipinski definition) is 6. The third-order valence-corrected chi connectivity index (χ3v) is 5.81. The molecule has 33 heavy (non-hydrogen) atoms. The van der Waals surface area contributed by atoms with Crippen LogP contribution < -0.4 is 16.2 Å². The maximum atomic E-state index is 13.1. The lowest BCUT2D eigenvalue weighted by Crippen LogP contribution is -2.24. The molecule has 9 nitrogen and oxygen atoms in total. The van der Waals surface area contributed by atoms with Crippen molar-refractivity contribution in [2.45, 2.75) is 45.8 Å². The third-order valence-electron chi connectivity index (χ3n) is 5.81. The summed E-state index contributed by atoms with van der Waals surface area (Å²) in [5.41, 5.74) is 3.69. The minimum absolute atomic E-state index is 0.178. The Hall–Kier alpha value is -3.72. The van der Waals surface area contributed by atoms with Gasteiger partial charge in [-0.05, 0) is 57.0 Å². The molecule has 0 atom stereocenters. The van der Waals surface area contributed by atoms with Gasteiger partial charge < -0.3 is 10.6 Å². The van der Waals surface area contributed by atoms with Gasteiger partial charge in [-0.15, -0.1) is 6.58 Å². The van der Waals surface area contributed by atoms with E-state index in [9.17, 15) is 4.79 Å². The van der Waals surface area contributed by atoms with Crippen LogP contribution in [0.2, 0.25) is 0 Å². The molecule has 1 aliphatic rings. The van der Waals surface area contributed by atoms with Gasteiger partial charge >= 0.3 is 0 Å². The zero-order chi connectivity index (χ0) is 23.2. The molecule has 1 aromatic carbocycles. The quantitative estimate of drug-likeness (QED) is 0.460. The minimum Gasteiger partial charge on any atom is -0.324 e. The highest BCUT2D eigenvalue weighted by atomic mass is 16.1. The first kappa shape index (κ1) is 21.1. The van der Waals surface area contributed by atoms with Crippen LogP contribution in [-0.2, 0) is 25.0 Å². The summed E-state index contributed by atoms with van der Waals surface area (Å²) in [4.78, 5) is 22.2. The first-order chi connectivity index (χ1) is 15.8. The maximum absolute atomic E-state index is 13.1. The summed E-state index contributed by atoms with van der Waals surface area (Å²) in [5, 5.41) is 11.8. The minimum atomic E-state index is -0.186. The first-order valence-electron chi connectivity index (χ1n) is 11.1. The zero-order valence-corrected chi connectivity index (χ0v) is 19.2. The van der Waals surface area contributed by atoms with Crippen molar-refractivity contribution >= 4 is 22.7 Å². The fraction of sp³-hybridized carbons (Fsp3) is 0.333. The topological polar surface area (TPSA) is 94.6 Å². The Morgan fingerprint density at radius 3 is 2.85 bits per heavy atom. The Bertz CT molecular complexity index is 1400. The van der Waals surface area contributed by atoms with E-state index in [1.807, 2.05) is 23.0 Å². The van der Waals surface area contributed by atoms with Crippen LogP contribution in [0.4, 0.5) is 11.6 Å². The maximum Gasteiger partial charge on any atom is 0.278 e. The number of nitrogens with one attached hydrogen (secondary N) is 2. The van der Waals surface area contributed by atoms with Crippen molar-refractivity contribution in [2.24, 2.45) is 0 Å². The Morgan fingerprint density at radius 2 is 2.09 bits per heavy atom. The normalized spacial score (nSPS) is 13.8. The standard InChI is InChI=1S/C24H28N8O/c1-5-11-30-22(33)19-15-26-23(27-18-7-6-17-14-25-10-8-16(17)13-18)28-21(19)32(30)20-9-12-31(29-20)24(2,3)4/h5-7,9,12-13,15,25H,1,8,10-11,14H2,2-4H3,(H,26,27,28). The molecule has 4 aromatic rings. The monoisotopic (exact) mass is 444 g/mol. The lowest BCUT2D eigenvalue weighted by molar-refractivity contribution is 0.353. The summed E-state index contributed by atoms with van der Waals surface area (Å²) in [7, 11) is 0. The van der Waals surface area contributed by atoms with Gasteiger partial charge in [-0.3, -0.25) is 9.48 Å². The van der Waals surface area contributed by atoms with Crippen molar-refractivity contribution in [3.05, 3.63) is 70.8 Å². The largest absolute Gasteiger partial charge is 0.324 e. The number of aromatic nitrogens is 6. The van der Waals surface area contributed by atoms with E-state index in [0.717, 1.165) is 25.2 Å². The Morgan fingerprint density at radius 1 is 1.24 bits per heavy atom. The Kier molecular flexibility index (Phi) is 5.13. The van der Waals surface area contributed by atoms with E-state index in [2.05, 4.69) is 55.1 Å². The summed E-state index contributed by atoms with van der Waals surface area (Å²) in [6.45, 7) is 12.2.